The van der Waals surface area contributed by atoms with Crippen molar-refractivity contribution < 1.29 is 18.3 Å². The average molecular weight is 287 g/mol. The molecule has 0 aromatic heterocycles. The number of aliphatic hydroxyl groups is 1. The highest BCUT2D eigenvalue weighted by atomic mass is 19.4. The van der Waals surface area contributed by atoms with Gasteiger partial charge in [0.15, 0.2) is 0 Å². The van der Waals surface area contributed by atoms with Crippen LogP contribution in [0.5, 0.6) is 0 Å². The lowest BCUT2D eigenvalue weighted by atomic mass is 9.87. The van der Waals surface area contributed by atoms with Gasteiger partial charge in [-0.3, -0.25) is 0 Å². The normalized spacial score (nSPS) is 20.1. The molecule has 1 aliphatic carbocycles. The Labute approximate surface area is 117 Å². The van der Waals surface area contributed by atoms with E-state index in [2.05, 4.69) is 5.32 Å². The fourth-order valence-electron chi connectivity index (χ4n) is 2.94. The molecule has 1 aliphatic rings. The molecule has 0 saturated heterocycles. The molecule has 20 heavy (non-hydrogen) atoms. The second kappa shape index (κ2) is 5.74. The number of aliphatic hydroxyl groups excluding tert-OH is 1. The summed E-state index contributed by atoms with van der Waals surface area (Å²) in [6, 6.07) is 5.64. The van der Waals surface area contributed by atoms with Gasteiger partial charge >= 0.3 is 6.18 Å². The molecule has 0 bridgehead atoms. The Morgan fingerprint density at radius 3 is 2.20 bits per heavy atom. The molecule has 1 aromatic rings. The van der Waals surface area contributed by atoms with Crippen LogP contribution in [0.4, 0.5) is 13.2 Å². The van der Waals surface area contributed by atoms with Gasteiger partial charge in [0.1, 0.15) is 0 Å². The van der Waals surface area contributed by atoms with E-state index in [4.69, 9.17) is 0 Å². The number of nitrogens with one attached hydrogen (secondary N) is 1. The van der Waals surface area contributed by atoms with Crippen molar-refractivity contribution in [2.75, 3.05) is 6.61 Å². The van der Waals surface area contributed by atoms with Crippen molar-refractivity contribution in [1.29, 1.82) is 0 Å². The predicted octanol–water partition coefficient (Wildman–Crippen LogP) is 3.45. The van der Waals surface area contributed by atoms with Gasteiger partial charge in [0.05, 0.1) is 17.7 Å². The quantitative estimate of drug-likeness (QED) is 0.889. The summed E-state index contributed by atoms with van der Waals surface area (Å²) in [6.45, 7) is 1.27. The van der Waals surface area contributed by atoms with Crippen LogP contribution < -0.4 is 5.32 Å². The van der Waals surface area contributed by atoms with E-state index in [1.54, 1.807) is 13.0 Å². The van der Waals surface area contributed by atoms with E-state index in [0.29, 0.717) is 0 Å². The molecule has 1 unspecified atom stereocenters. The lowest BCUT2D eigenvalue weighted by Gasteiger charge is -2.34. The highest BCUT2D eigenvalue weighted by Crippen LogP contribution is 2.37. The molecule has 2 nitrogen and oxygen atoms in total. The minimum Gasteiger partial charge on any atom is -0.394 e. The van der Waals surface area contributed by atoms with Crippen LogP contribution in [-0.2, 0) is 11.7 Å². The van der Waals surface area contributed by atoms with Gasteiger partial charge < -0.3 is 10.4 Å². The summed E-state index contributed by atoms with van der Waals surface area (Å²) in [4.78, 5) is 0. The van der Waals surface area contributed by atoms with Gasteiger partial charge in [-0.2, -0.15) is 13.2 Å². The van der Waals surface area contributed by atoms with Crippen molar-refractivity contribution in [3.63, 3.8) is 0 Å². The molecule has 1 saturated carbocycles. The molecule has 112 valence electrons. The van der Waals surface area contributed by atoms with Crippen molar-refractivity contribution in [3.05, 3.63) is 35.4 Å². The SMILES string of the molecule is CC(CO)(NC1CCCC1)c1ccccc1C(F)(F)F. The first-order valence-electron chi connectivity index (χ1n) is 6.92. The Hall–Kier alpha value is -1.07. The topological polar surface area (TPSA) is 32.3 Å². The van der Waals surface area contributed by atoms with Crippen molar-refractivity contribution in [1.82, 2.24) is 5.32 Å². The molecule has 0 heterocycles. The Morgan fingerprint density at radius 2 is 1.70 bits per heavy atom. The number of halogens is 3. The molecule has 0 spiro atoms. The zero-order valence-corrected chi connectivity index (χ0v) is 11.5. The molecule has 0 aliphatic heterocycles. The van der Waals surface area contributed by atoms with E-state index in [9.17, 15) is 18.3 Å². The fourth-order valence-corrected chi connectivity index (χ4v) is 2.94. The minimum atomic E-state index is -4.41. The van der Waals surface area contributed by atoms with E-state index < -0.39 is 17.3 Å². The van der Waals surface area contributed by atoms with E-state index in [0.717, 1.165) is 31.7 Å². The molecule has 1 atom stereocenters. The zero-order chi connectivity index (χ0) is 14.8. The maximum Gasteiger partial charge on any atom is 0.416 e. The molecular formula is C15H20F3NO. The summed E-state index contributed by atoms with van der Waals surface area (Å²) < 4.78 is 39.4. The number of benzene rings is 1. The predicted molar refractivity (Wildman–Crippen MR) is 71.3 cm³/mol. The van der Waals surface area contributed by atoms with Crippen LogP contribution in [-0.4, -0.2) is 17.8 Å². The van der Waals surface area contributed by atoms with Crippen molar-refractivity contribution in [2.45, 2.75) is 50.4 Å². The summed E-state index contributed by atoms with van der Waals surface area (Å²) in [5, 5.41) is 12.9. The second-order valence-electron chi connectivity index (χ2n) is 5.66. The molecule has 0 amide bonds. The van der Waals surface area contributed by atoms with Crippen LogP contribution in [0, 0.1) is 0 Å². The molecule has 1 aromatic carbocycles. The van der Waals surface area contributed by atoms with E-state index in [1.807, 2.05) is 0 Å². The number of hydrogen-bond acceptors (Lipinski definition) is 2. The van der Waals surface area contributed by atoms with Crippen LogP contribution in [0.25, 0.3) is 0 Å². The summed E-state index contributed by atoms with van der Waals surface area (Å²) >= 11 is 0. The molecule has 2 N–H and O–H groups in total. The van der Waals surface area contributed by atoms with Gasteiger partial charge in [-0.1, -0.05) is 31.0 Å². The standard InChI is InChI=1S/C15H20F3NO/c1-14(10-20,19-11-6-2-3-7-11)12-8-4-5-9-13(12)15(16,17)18/h4-5,8-9,11,19-20H,2-3,6-7,10H2,1H3. The third kappa shape index (κ3) is 3.15. The van der Waals surface area contributed by atoms with Crippen molar-refractivity contribution >= 4 is 0 Å². The maximum atomic E-state index is 13.1. The van der Waals surface area contributed by atoms with Gasteiger partial charge in [-0.15, -0.1) is 0 Å². The third-order valence-corrected chi connectivity index (χ3v) is 4.02. The Bertz CT molecular complexity index is 455. The van der Waals surface area contributed by atoms with E-state index in [1.165, 1.54) is 12.1 Å². The van der Waals surface area contributed by atoms with Crippen LogP contribution in [0.1, 0.15) is 43.7 Å². The smallest absolute Gasteiger partial charge is 0.394 e. The highest BCUT2D eigenvalue weighted by molar-refractivity contribution is 5.35. The summed E-state index contributed by atoms with van der Waals surface area (Å²) in [5.74, 6) is 0. The Kier molecular flexibility index (Phi) is 4.39. The van der Waals surface area contributed by atoms with Gasteiger partial charge in [-0.05, 0) is 31.4 Å². The summed E-state index contributed by atoms with van der Waals surface area (Å²) in [6.07, 6.45) is -0.349. The molecule has 5 heteroatoms. The lowest BCUT2D eigenvalue weighted by Crippen LogP contribution is -2.48. The third-order valence-electron chi connectivity index (χ3n) is 4.02. The summed E-state index contributed by atoms with van der Waals surface area (Å²) in [7, 11) is 0. The average Bonchev–Trinajstić information content (AvgIpc) is 2.90. The Balaban J connectivity index is 2.35. The highest BCUT2D eigenvalue weighted by Gasteiger charge is 2.40. The van der Waals surface area contributed by atoms with Crippen LogP contribution in [0.15, 0.2) is 24.3 Å². The van der Waals surface area contributed by atoms with E-state index in [-0.39, 0.29) is 18.2 Å². The van der Waals surface area contributed by atoms with Gasteiger partial charge in [0.2, 0.25) is 0 Å². The zero-order valence-electron chi connectivity index (χ0n) is 11.5. The van der Waals surface area contributed by atoms with Gasteiger partial charge in [0, 0.05) is 6.04 Å². The van der Waals surface area contributed by atoms with Gasteiger partial charge in [-0.25, -0.2) is 0 Å². The molecule has 2 rings (SSSR count). The maximum absolute atomic E-state index is 13.1. The first-order chi connectivity index (χ1) is 9.37. The second-order valence-corrected chi connectivity index (χ2v) is 5.66. The number of hydrogen-bond donors (Lipinski definition) is 2. The van der Waals surface area contributed by atoms with Crippen LogP contribution in [0.3, 0.4) is 0 Å². The monoisotopic (exact) mass is 287 g/mol. The van der Waals surface area contributed by atoms with Crippen LogP contribution >= 0.6 is 0 Å². The van der Waals surface area contributed by atoms with Crippen molar-refractivity contribution in [3.8, 4) is 0 Å². The van der Waals surface area contributed by atoms with Crippen LogP contribution in [0.2, 0.25) is 0 Å². The van der Waals surface area contributed by atoms with Gasteiger partial charge in [0.25, 0.3) is 0 Å². The minimum absolute atomic E-state index is 0.113. The molecular weight excluding hydrogens is 267 g/mol. The fraction of sp³-hybridized carbons (Fsp3) is 0.600. The number of alkyl halides is 3. The lowest BCUT2D eigenvalue weighted by molar-refractivity contribution is -0.139. The molecule has 0 radical (unpaired) electrons. The summed E-state index contributed by atoms with van der Waals surface area (Å²) in [5.41, 5.74) is -1.63. The first-order valence-corrected chi connectivity index (χ1v) is 6.92. The van der Waals surface area contributed by atoms with E-state index >= 15 is 0 Å². The molecule has 1 fully saturated rings. The largest absolute Gasteiger partial charge is 0.416 e. The number of rotatable bonds is 4. The van der Waals surface area contributed by atoms with Crippen molar-refractivity contribution in [2.24, 2.45) is 0 Å². The Morgan fingerprint density at radius 1 is 1.15 bits per heavy atom. The first kappa shape index (κ1) is 15.3.